The molecule has 3 rings (SSSR count). The highest BCUT2D eigenvalue weighted by Gasteiger charge is 2.21. The van der Waals surface area contributed by atoms with Gasteiger partial charge in [-0.15, -0.1) is 0 Å². The van der Waals surface area contributed by atoms with Gasteiger partial charge in [0.25, 0.3) is 0 Å². The second kappa shape index (κ2) is 9.97. The Morgan fingerprint density at radius 1 is 1.30 bits per heavy atom. The first-order valence-electron chi connectivity index (χ1n) is 9.66. The third-order valence-corrected chi connectivity index (χ3v) is 4.94. The SMILES string of the molecule is CN(C/C=C/c1ccccc1)C(=O)NC[C@@H]1CCCN(Cc2ccco2)C1. The number of carbonyl (C=O) groups excluding carboxylic acids is 1. The van der Waals surface area contributed by atoms with Crippen molar-refractivity contribution in [3.63, 3.8) is 0 Å². The number of nitrogens with one attached hydrogen (secondary N) is 1. The highest BCUT2D eigenvalue weighted by molar-refractivity contribution is 5.74. The van der Waals surface area contributed by atoms with Crippen LogP contribution < -0.4 is 5.32 Å². The first-order valence-corrected chi connectivity index (χ1v) is 9.66. The summed E-state index contributed by atoms with van der Waals surface area (Å²) in [6, 6.07) is 14.0. The average Bonchev–Trinajstić information content (AvgIpc) is 3.20. The van der Waals surface area contributed by atoms with E-state index in [1.165, 1.54) is 0 Å². The molecule has 1 aliphatic heterocycles. The van der Waals surface area contributed by atoms with E-state index in [1.54, 1.807) is 11.2 Å². The van der Waals surface area contributed by atoms with Crippen LogP contribution in [0.15, 0.2) is 59.2 Å². The lowest BCUT2D eigenvalue weighted by molar-refractivity contribution is 0.153. The number of benzene rings is 1. The van der Waals surface area contributed by atoms with Gasteiger partial charge in [-0.05, 0) is 43.0 Å². The molecule has 5 heteroatoms. The predicted octanol–water partition coefficient (Wildman–Crippen LogP) is 3.85. The number of rotatable bonds is 7. The van der Waals surface area contributed by atoms with Gasteiger partial charge < -0.3 is 14.6 Å². The second-order valence-electron chi connectivity index (χ2n) is 7.20. The number of likely N-dealkylation sites (tertiary alicyclic amines) is 1. The van der Waals surface area contributed by atoms with Crippen LogP contribution in [0, 0.1) is 5.92 Å². The first-order chi connectivity index (χ1) is 13.2. The quantitative estimate of drug-likeness (QED) is 0.809. The number of carbonyl (C=O) groups is 1. The van der Waals surface area contributed by atoms with Crippen molar-refractivity contribution in [2.75, 3.05) is 33.2 Å². The fourth-order valence-electron chi connectivity index (χ4n) is 3.45. The lowest BCUT2D eigenvalue weighted by atomic mass is 9.98. The molecule has 1 saturated heterocycles. The predicted molar refractivity (Wildman–Crippen MR) is 108 cm³/mol. The van der Waals surface area contributed by atoms with Crippen LogP contribution in [-0.2, 0) is 6.54 Å². The Kier molecular flexibility index (Phi) is 7.11. The van der Waals surface area contributed by atoms with Crippen LogP contribution in [0.25, 0.3) is 6.08 Å². The van der Waals surface area contributed by atoms with Gasteiger partial charge in [0.1, 0.15) is 5.76 Å². The number of nitrogens with zero attached hydrogens (tertiary/aromatic N) is 2. The zero-order valence-electron chi connectivity index (χ0n) is 16.0. The summed E-state index contributed by atoms with van der Waals surface area (Å²) >= 11 is 0. The molecule has 27 heavy (non-hydrogen) atoms. The van der Waals surface area contributed by atoms with Gasteiger partial charge in [0, 0.05) is 26.7 Å². The molecule has 1 aromatic carbocycles. The number of furan rings is 1. The first kappa shape index (κ1) is 19.2. The molecule has 0 bridgehead atoms. The molecule has 1 atom stereocenters. The van der Waals surface area contributed by atoms with Crippen molar-refractivity contribution in [2.24, 2.45) is 5.92 Å². The molecule has 0 spiro atoms. The van der Waals surface area contributed by atoms with E-state index >= 15 is 0 Å². The molecule has 1 aromatic heterocycles. The maximum atomic E-state index is 12.3. The van der Waals surface area contributed by atoms with Gasteiger partial charge in [-0.2, -0.15) is 0 Å². The Hall–Kier alpha value is -2.53. The summed E-state index contributed by atoms with van der Waals surface area (Å²) in [5.74, 6) is 1.50. The highest BCUT2D eigenvalue weighted by Crippen LogP contribution is 2.18. The van der Waals surface area contributed by atoms with Gasteiger partial charge in [0.15, 0.2) is 0 Å². The number of piperidine rings is 1. The van der Waals surface area contributed by atoms with Crippen molar-refractivity contribution in [3.05, 3.63) is 66.1 Å². The summed E-state index contributed by atoms with van der Waals surface area (Å²) in [6.45, 7) is 4.26. The lowest BCUT2D eigenvalue weighted by Gasteiger charge is -2.32. The van der Waals surface area contributed by atoms with Crippen LogP contribution in [0.4, 0.5) is 4.79 Å². The van der Waals surface area contributed by atoms with Gasteiger partial charge >= 0.3 is 6.03 Å². The molecule has 144 valence electrons. The molecule has 0 saturated carbocycles. The molecule has 0 aliphatic carbocycles. The topological polar surface area (TPSA) is 48.7 Å². The van der Waals surface area contributed by atoms with Gasteiger partial charge in [-0.3, -0.25) is 4.90 Å². The summed E-state index contributed by atoms with van der Waals surface area (Å²) in [5, 5.41) is 3.08. The number of likely N-dealkylation sites (N-methyl/N-ethyl adjacent to an activating group) is 1. The number of hydrogen-bond donors (Lipinski definition) is 1. The van der Waals surface area contributed by atoms with E-state index in [2.05, 4.69) is 10.2 Å². The molecule has 2 aromatic rings. The molecule has 2 amide bonds. The molecular weight excluding hydrogens is 338 g/mol. The third kappa shape index (κ3) is 6.29. The smallest absolute Gasteiger partial charge is 0.317 e. The Balaban J connectivity index is 1.38. The average molecular weight is 367 g/mol. The summed E-state index contributed by atoms with van der Waals surface area (Å²) < 4.78 is 5.45. The Labute approximate surface area is 161 Å². The third-order valence-electron chi connectivity index (χ3n) is 4.94. The minimum absolute atomic E-state index is 0.0177. The summed E-state index contributed by atoms with van der Waals surface area (Å²) in [4.78, 5) is 16.4. The van der Waals surface area contributed by atoms with Crippen LogP contribution in [0.3, 0.4) is 0 Å². The van der Waals surface area contributed by atoms with E-state index in [0.29, 0.717) is 12.5 Å². The molecule has 2 heterocycles. The van der Waals surface area contributed by atoms with Crippen LogP contribution in [0.1, 0.15) is 24.2 Å². The van der Waals surface area contributed by atoms with Gasteiger partial charge in [-0.1, -0.05) is 42.5 Å². The monoisotopic (exact) mass is 367 g/mol. The summed E-state index contributed by atoms with van der Waals surface area (Å²) in [6.07, 6.45) is 8.10. The number of hydrogen-bond acceptors (Lipinski definition) is 3. The molecule has 5 nitrogen and oxygen atoms in total. The van der Waals surface area contributed by atoms with E-state index in [4.69, 9.17) is 4.42 Å². The fourth-order valence-corrected chi connectivity index (χ4v) is 3.45. The van der Waals surface area contributed by atoms with Crippen LogP contribution in [0.2, 0.25) is 0 Å². The van der Waals surface area contributed by atoms with Crippen LogP contribution >= 0.6 is 0 Å². The zero-order valence-corrected chi connectivity index (χ0v) is 16.0. The van der Waals surface area contributed by atoms with Crippen molar-refractivity contribution in [3.8, 4) is 0 Å². The highest BCUT2D eigenvalue weighted by atomic mass is 16.3. The standard InChI is InChI=1S/C22H29N3O2/c1-24(13-5-10-19-8-3-2-4-9-19)22(26)23-16-20-11-6-14-25(17-20)18-21-12-7-15-27-21/h2-5,7-10,12,15,20H,6,11,13-14,16-18H2,1H3,(H,23,26)/b10-5+/t20-/m0/s1. The van der Waals surface area contributed by atoms with Gasteiger partial charge in [-0.25, -0.2) is 4.79 Å². The Morgan fingerprint density at radius 2 is 2.15 bits per heavy atom. The summed E-state index contributed by atoms with van der Waals surface area (Å²) in [7, 11) is 1.83. The molecule has 0 radical (unpaired) electrons. The van der Waals surface area contributed by atoms with Crippen molar-refractivity contribution >= 4 is 12.1 Å². The van der Waals surface area contributed by atoms with Crippen molar-refractivity contribution in [1.29, 1.82) is 0 Å². The molecule has 1 aliphatic rings. The molecule has 1 fully saturated rings. The largest absolute Gasteiger partial charge is 0.468 e. The van der Waals surface area contributed by atoms with Crippen LogP contribution in [-0.4, -0.2) is 49.1 Å². The minimum Gasteiger partial charge on any atom is -0.468 e. The Morgan fingerprint density at radius 3 is 2.93 bits per heavy atom. The normalized spacial score (nSPS) is 17.9. The number of amides is 2. The fraction of sp³-hybridized carbons (Fsp3) is 0.409. The summed E-state index contributed by atoms with van der Waals surface area (Å²) in [5.41, 5.74) is 1.14. The van der Waals surface area contributed by atoms with Crippen LogP contribution in [0.5, 0.6) is 0 Å². The van der Waals surface area contributed by atoms with E-state index in [-0.39, 0.29) is 6.03 Å². The number of urea groups is 1. The lowest BCUT2D eigenvalue weighted by Crippen LogP contribution is -2.44. The zero-order chi connectivity index (χ0) is 18.9. The minimum atomic E-state index is -0.0177. The molecule has 0 unspecified atom stereocenters. The maximum Gasteiger partial charge on any atom is 0.317 e. The molecular formula is C22H29N3O2. The van der Waals surface area contributed by atoms with E-state index in [9.17, 15) is 4.79 Å². The van der Waals surface area contributed by atoms with Crippen molar-refractivity contribution < 1.29 is 9.21 Å². The van der Waals surface area contributed by atoms with Crippen molar-refractivity contribution in [2.45, 2.75) is 19.4 Å². The van der Waals surface area contributed by atoms with E-state index in [1.807, 2.05) is 61.7 Å². The Bertz CT molecular complexity index is 712. The molecule has 1 N–H and O–H groups in total. The van der Waals surface area contributed by atoms with Gasteiger partial charge in [0.2, 0.25) is 0 Å². The van der Waals surface area contributed by atoms with Gasteiger partial charge in [0.05, 0.1) is 12.8 Å². The second-order valence-corrected chi connectivity index (χ2v) is 7.20. The van der Waals surface area contributed by atoms with E-state index < -0.39 is 0 Å². The van der Waals surface area contributed by atoms with Crippen molar-refractivity contribution in [1.82, 2.24) is 15.1 Å². The van der Waals surface area contributed by atoms with E-state index in [0.717, 1.165) is 50.3 Å². The maximum absolute atomic E-state index is 12.3.